The summed E-state index contributed by atoms with van der Waals surface area (Å²) in [6.07, 6.45) is 2.46. The number of nitrogens with one attached hydrogen (secondary N) is 2. The number of rotatable bonds is 5. The van der Waals surface area contributed by atoms with Gasteiger partial charge in [-0.25, -0.2) is 14.8 Å². The Hall–Kier alpha value is -3.00. The number of anilines is 1. The quantitative estimate of drug-likeness (QED) is 0.706. The second kappa shape index (κ2) is 8.13. The molecule has 7 nitrogen and oxygen atoms in total. The van der Waals surface area contributed by atoms with Crippen molar-refractivity contribution in [1.82, 2.24) is 19.9 Å². The van der Waals surface area contributed by atoms with Gasteiger partial charge >= 0.3 is 6.03 Å². The van der Waals surface area contributed by atoms with Gasteiger partial charge in [0.25, 0.3) is 5.56 Å². The normalized spacial score (nSPS) is 10.6. The lowest BCUT2D eigenvalue weighted by molar-refractivity contribution is 0.221. The van der Waals surface area contributed by atoms with Gasteiger partial charge in [-0.15, -0.1) is 11.3 Å². The summed E-state index contributed by atoms with van der Waals surface area (Å²) in [6.45, 7) is 4.37. The molecular formula is C19H21N5O2S. The van der Waals surface area contributed by atoms with E-state index in [1.807, 2.05) is 26.0 Å². The monoisotopic (exact) mass is 383 g/mol. The van der Waals surface area contributed by atoms with E-state index in [1.165, 1.54) is 6.07 Å². The van der Waals surface area contributed by atoms with E-state index in [4.69, 9.17) is 0 Å². The number of carbonyl (C=O) groups excluding carboxylic acids is 1. The fourth-order valence-electron chi connectivity index (χ4n) is 2.57. The van der Waals surface area contributed by atoms with Crippen molar-refractivity contribution in [2.24, 2.45) is 0 Å². The number of hydrogen-bond donors (Lipinski definition) is 2. The Bertz CT molecular complexity index is 1010. The van der Waals surface area contributed by atoms with Gasteiger partial charge in [-0.2, -0.15) is 0 Å². The predicted octanol–water partition coefficient (Wildman–Crippen LogP) is 3.43. The first-order valence-electron chi connectivity index (χ1n) is 8.58. The van der Waals surface area contributed by atoms with E-state index < -0.39 is 0 Å². The zero-order valence-corrected chi connectivity index (χ0v) is 16.3. The summed E-state index contributed by atoms with van der Waals surface area (Å²) in [5, 5.41) is 3.85. The zero-order valence-electron chi connectivity index (χ0n) is 15.4. The van der Waals surface area contributed by atoms with E-state index in [2.05, 4.69) is 20.3 Å². The van der Waals surface area contributed by atoms with E-state index in [-0.39, 0.29) is 11.6 Å². The molecular weight excluding hydrogens is 362 g/mol. The third-order valence-electron chi connectivity index (χ3n) is 3.95. The van der Waals surface area contributed by atoms with Crippen molar-refractivity contribution in [2.75, 3.05) is 12.4 Å². The van der Waals surface area contributed by atoms with Gasteiger partial charge in [0.05, 0.1) is 11.6 Å². The van der Waals surface area contributed by atoms with Crippen LogP contribution >= 0.6 is 11.3 Å². The van der Waals surface area contributed by atoms with Crippen LogP contribution in [-0.2, 0) is 13.0 Å². The zero-order chi connectivity index (χ0) is 19.4. The van der Waals surface area contributed by atoms with Crippen LogP contribution in [0.15, 0.2) is 41.3 Å². The first-order valence-corrected chi connectivity index (χ1v) is 9.40. The van der Waals surface area contributed by atoms with Crippen molar-refractivity contribution < 1.29 is 4.79 Å². The van der Waals surface area contributed by atoms with Crippen LogP contribution in [0.1, 0.15) is 22.5 Å². The number of aryl methyl sites for hydroxylation is 2. The minimum Gasteiger partial charge on any atom is -0.322 e. The van der Waals surface area contributed by atoms with Gasteiger partial charge in [-0.3, -0.25) is 4.79 Å². The standard InChI is InChI=1S/C19H21N5O2S/c1-4-14-9-17(25)23-18(21-14)13-6-5-7-15(8-13)22-19(26)24(3)11-16-10-20-12(2)27-16/h5-10H,4,11H2,1-3H3,(H,22,26)(H,21,23,25). The molecule has 8 heteroatoms. The number of carbonyl (C=O) groups is 1. The molecule has 0 aliphatic rings. The van der Waals surface area contributed by atoms with Crippen molar-refractivity contribution in [3.63, 3.8) is 0 Å². The average molecular weight is 383 g/mol. The van der Waals surface area contributed by atoms with Crippen molar-refractivity contribution in [2.45, 2.75) is 26.8 Å². The average Bonchev–Trinajstić information content (AvgIpc) is 3.06. The van der Waals surface area contributed by atoms with Crippen LogP contribution in [0.3, 0.4) is 0 Å². The Labute approximate surface area is 161 Å². The Kier molecular flexibility index (Phi) is 5.66. The van der Waals surface area contributed by atoms with Crippen LogP contribution in [0, 0.1) is 6.92 Å². The van der Waals surface area contributed by atoms with E-state index >= 15 is 0 Å². The Balaban J connectivity index is 1.74. The van der Waals surface area contributed by atoms with Gasteiger partial charge in [0.15, 0.2) is 0 Å². The molecule has 0 radical (unpaired) electrons. The second-order valence-corrected chi connectivity index (χ2v) is 7.47. The number of urea groups is 1. The first kappa shape index (κ1) is 18.8. The van der Waals surface area contributed by atoms with Crippen LogP contribution in [-0.4, -0.2) is 32.9 Å². The molecule has 0 aliphatic carbocycles. The summed E-state index contributed by atoms with van der Waals surface area (Å²) in [7, 11) is 1.73. The van der Waals surface area contributed by atoms with Crippen LogP contribution in [0.4, 0.5) is 10.5 Å². The fourth-order valence-corrected chi connectivity index (χ4v) is 3.42. The summed E-state index contributed by atoms with van der Waals surface area (Å²) in [4.78, 5) is 38.3. The molecule has 0 bridgehead atoms. The molecule has 3 aromatic rings. The maximum atomic E-state index is 12.5. The Morgan fingerprint density at radius 3 is 2.85 bits per heavy atom. The number of hydrogen-bond acceptors (Lipinski definition) is 5. The fraction of sp³-hybridized carbons (Fsp3) is 0.263. The van der Waals surface area contributed by atoms with Gasteiger partial charge in [0.2, 0.25) is 0 Å². The summed E-state index contributed by atoms with van der Waals surface area (Å²) in [5.74, 6) is 0.490. The molecule has 0 saturated heterocycles. The maximum absolute atomic E-state index is 12.5. The highest BCUT2D eigenvalue weighted by Crippen LogP contribution is 2.20. The van der Waals surface area contributed by atoms with Crippen LogP contribution in [0.2, 0.25) is 0 Å². The molecule has 140 valence electrons. The summed E-state index contributed by atoms with van der Waals surface area (Å²) in [6, 6.07) is 8.52. The summed E-state index contributed by atoms with van der Waals surface area (Å²) >= 11 is 1.57. The van der Waals surface area contributed by atoms with Crippen molar-refractivity contribution in [3.8, 4) is 11.4 Å². The number of nitrogens with zero attached hydrogens (tertiary/aromatic N) is 3. The Morgan fingerprint density at radius 2 is 2.15 bits per heavy atom. The van der Waals surface area contributed by atoms with Crippen molar-refractivity contribution in [3.05, 3.63) is 62.5 Å². The maximum Gasteiger partial charge on any atom is 0.321 e. The predicted molar refractivity (Wildman–Crippen MR) is 107 cm³/mol. The number of amides is 2. The molecule has 2 N–H and O–H groups in total. The lowest BCUT2D eigenvalue weighted by Gasteiger charge is -2.17. The third-order valence-corrected chi connectivity index (χ3v) is 4.85. The van der Waals surface area contributed by atoms with Crippen LogP contribution < -0.4 is 10.9 Å². The molecule has 0 fully saturated rings. The Morgan fingerprint density at radius 1 is 1.33 bits per heavy atom. The highest BCUT2D eigenvalue weighted by atomic mass is 32.1. The third kappa shape index (κ3) is 4.79. The van der Waals surface area contributed by atoms with Gasteiger partial charge in [0, 0.05) is 41.1 Å². The summed E-state index contributed by atoms with van der Waals surface area (Å²) < 4.78 is 0. The molecule has 2 aromatic heterocycles. The lowest BCUT2D eigenvalue weighted by Crippen LogP contribution is -2.30. The lowest BCUT2D eigenvalue weighted by atomic mass is 10.2. The molecule has 2 heterocycles. The number of thiazole rings is 1. The van der Waals surface area contributed by atoms with E-state index in [0.29, 0.717) is 24.5 Å². The molecule has 3 rings (SSSR count). The van der Waals surface area contributed by atoms with Gasteiger partial charge < -0.3 is 15.2 Å². The number of benzene rings is 1. The highest BCUT2D eigenvalue weighted by Gasteiger charge is 2.12. The molecule has 1 aromatic carbocycles. The van der Waals surface area contributed by atoms with E-state index in [1.54, 1.807) is 41.6 Å². The van der Waals surface area contributed by atoms with Crippen LogP contribution in [0.5, 0.6) is 0 Å². The second-order valence-electron chi connectivity index (χ2n) is 6.15. The molecule has 0 atom stereocenters. The number of aromatic nitrogens is 3. The van der Waals surface area contributed by atoms with Gasteiger partial charge in [0.1, 0.15) is 5.82 Å². The van der Waals surface area contributed by atoms with Gasteiger partial charge in [-0.1, -0.05) is 19.1 Å². The van der Waals surface area contributed by atoms with Crippen LogP contribution in [0.25, 0.3) is 11.4 Å². The minimum atomic E-state index is -0.220. The number of aromatic amines is 1. The molecule has 27 heavy (non-hydrogen) atoms. The highest BCUT2D eigenvalue weighted by molar-refractivity contribution is 7.11. The largest absolute Gasteiger partial charge is 0.322 e. The van der Waals surface area contributed by atoms with E-state index in [9.17, 15) is 9.59 Å². The van der Waals surface area contributed by atoms with E-state index in [0.717, 1.165) is 21.1 Å². The molecule has 0 aliphatic heterocycles. The first-order chi connectivity index (χ1) is 12.9. The molecule has 0 unspecified atom stereocenters. The minimum absolute atomic E-state index is 0.189. The molecule has 2 amide bonds. The van der Waals surface area contributed by atoms with Crippen molar-refractivity contribution >= 4 is 23.1 Å². The smallest absolute Gasteiger partial charge is 0.321 e. The van der Waals surface area contributed by atoms with Gasteiger partial charge in [-0.05, 0) is 25.5 Å². The van der Waals surface area contributed by atoms with Crippen molar-refractivity contribution in [1.29, 1.82) is 0 Å². The SMILES string of the molecule is CCc1cc(=O)[nH]c(-c2cccc(NC(=O)N(C)Cc3cnc(C)s3)c2)n1. The molecule has 0 saturated carbocycles. The topological polar surface area (TPSA) is 91.0 Å². The summed E-state index contributed by atoms with van der Waals surface area (Å²) in [5.41, 5.74) is 1.91. The number of H-pyrrole nitrogens is 1. The molecule has 0 spiro atoms.